The van der Waals surface area contributed by atoms with Crippen LogP contribution in [0.1, 0.15) is 46.0 Å². The first-order chi connectivity index (χ1) is 11.6. The summed E-state index contributed by atoms with van der Waals surface area (Å²) >= 11 is 1.47. The Kier molecular flexibility index (Phi) is 5.56. The number of carbonyl (C=O) groups is 1. The van der Waals surface area contributed by atoms with E-state index in [1.807, 2.05) is 17.0 Å². The molecule has 0 spiro atoms. The fraction of sp³-hybridized carbons (Fsp3) is 0.556. The number of hydrogen-bond donors (Lipinski definition) is 0. The number of anilines is 1. The monoisotopic (exact) mass is 344 g/mol. The fourth-order valence-electron chi connectivity index (χ4n) is 3.13. The van der Waals surface area contributed by atoms with E-state index in [1.54, 1.807) is 12.4 Å². The lowest BCUT2D eigenvalue weighted by atomic mass is 9.88. The van der Waals surface area contributed by atoms with E-state index in [0.29, 0.717) is 17.6 Å². The Labute approximate surface area is 147 Å². The Bertz CT molecular complexity index is 665. The smallest absolute Gasteiger partial charge is 0.231 e. The van der Waals surface area contributed by atoms with E-state index in [1.165, 1.54) is 17.8 Å². The highest BCUT2D eigenvalue weighted by molar-refractivity contribution is 7.18. The summed E-state index contributed by atoms with van der Waals surface area (Å²) in [5.41, 5.74) is 0.941. The third-order valence-electron chi connectivity index (χ3n) is 4.32. The average Bonchev–Trinajstić information content (AvgIpc) is 3.10. The van der Waals surface area contributed by atoms with E-state index >= 15 is 0 Å². The van der Waals surface area contributed by atoms with Gasteiger partial charge in [-0.05, 0) is 30.9 Å². The number of nitrogens with zero attached hydrogens (tertiary/aromatic N) is 4. The van der Waals surface area contributed by atoms with Crippen LogP contribution in [-0.4, -0.2) is 27.6 Å². The van der Waals surface area contributed by atoms with Crippen LogP contribution in [0.4, 0.5) is 5.13 Å². The van der Waals surface area contributed by atoms with Crippen LogP contribution in [0.25, 0.3) is 10.6 Å². The van der Waals surface area contributed by atoms with Gasteiger partial charge < -0.3 is 0 Å². The summed E-state index contributed by atoms with van der Waals surface area (Å²) in [6.07, 6.45) is 9.08. The zero-order chi connectivity index (χ0) is 16.9. The summed E-state index contributed by atoms with van der Waals surface area (Å²) in [6, 6.07) is 3.85. The van der Waals surface area contributed by atoms with Gasteiger partial charge in [-0.3, -0.25) is 14.7 Å². The average molecular weight is 344 g/mol. The molecular weight excluding hydrogens is 320 g/mol. The molecule has 1 aliphatic rings. The molecule has 0 radical (unpaired) electrons. The molecule has 3 rings (SSSR count). The predicted molar refractivity (Wildman–Crippen MR) is 96.9 cm³/mol. The number of rotatable bonds is 5. The molecule has 0 bridgehead atoms. The van der Waals surface area contributed by atoms with E-state index in [9.17, 15) is 4.79 Å². The van der Waals surface area contributed by atoms with Gasteiger partial charge in [-0.2, -0.15) is 0 Å². The maximum absolute atomic E-state index is 13.0. The van der Waals surface area contributed by atoms with Crippen molar-refractivity contribution in [1.29, 1.82) is 0 Å². The SMILES string of the molecule is CC(C)CN(C(=O)C1CCCCC1)c1nnc(-c2cccnc2)s1. The number of hydrogen-bond acceptors (Lipinski definition) is 5. The molecule has 6 heteroatoms. The van der Waals surface area contributed by atoms with Crippen molar-refractivity contribution < 1.29 is 4.79 Å². The van der Waals surface area contributed by atoms with Gasteiger partial charge in [0.25, 0.3) is 0 Å². The molecule has 1 saturated carbocycles. The normalized spacial score (nSPS) is 15.6. The first-order valence-corrected chi connectivity index (χ1v) is 9.52. The van der Waals surface area contributed by atoms with E-state index in [0.717, 1.165) is 36.3 Å². The van der Waals surface area contributed by atoms with Gasteiger partial charge in [0, 0.05) is 30.4 Å². The lowest BCUT2D eigenvalue weighted by Gasteiger charge is -2.28. The van der Waals surface area contributed by atoms with Gasteiger partial charge in [-0.25, -0.2) is 0 Å². The van der Waals surface area contributed by atoms with E-state index in [2.05, 4.69) is 29.0 Å². The highest BCUT2D eigenvalue weighted by Gasteiger charge is 2.29. The molecule has 2 aromatic heterocycles. The Morgan fingerprint density at radius 2 is 2.08 bits per heavy atom. The molecule has 1 aliphatic carbocycles. The molecule has 0 aromatic carbocycles. The summed E-state index contributed by atoms with van der Waals surface area (Å²) in [5, 5.41) is 10.1. The van der Waals surface area contributed by atoms with Crippen LogP contribution in [0.3, 0.4) is 0 Å². The predicted octanol–water partition coefficient (Wildman–Crippen LogP) is 4.17. The van der Waals surface area contributed by atoms with Crippen LogP contribution < -0.4 is 4.90 Å². The summed E-state index contributed by atoms with van der Waals surface area (Å²) in [6.45, 7) is 4.95. The molecule has 0 saturated heterocycles. The number of amides is 1. The Balaban J connectivity index is 1.83. The van der Waals surface area contributed by atoms with Gasteiger partial charge in [0.15, 0.2) is 5.01 Å². The van der Waals surface area contributed by atoms with E-state index in [4.69, 9.17) is 0 Å². The maximum Gasteiger partial charge on any atom is 0.231 e. The van der Waals surface area contributed by atoms with Gasteiger partial charge in [0.05, 0.1) is 0 Å². The van der Waals surface area contributed by atoms with Crippen LogP contribution >= 0.6 is 11.3 Å². The molecule has 2 heterocycles. The Morgan fingerprint density at radius 3 is 2.75 bits per heavy atom. The zero-order valence-corrected chi connectivity index (χ0v) is 15.1. The van der Waals surface area contributed by atoms with Crippen molar-refractivity contribution in [3.63, 3.8) is 0 Å². The largest absolute Gasteiger partial charge is 0.286 e. The molecule has 2 aromatic rings. The van der Waals surface area contributed by atoms with Crippen LogP contribution in [0.5, 0.6) is 0 Å². The van der Waals surface area contributed by atoms with Crippen LogP contribution in [0.2, 0.25) is 0 Å². The van der Waals surface area contributed by atoms with Gasteiger partial charge in [0.1, 0.15) is 0 Å². The molecule has 0 N–H and O–H groups in total. The Morgan fingerprint density at radius 1 is 1.29 bits per heavy atom. The lowest BCUT2D eigenvalue weighted by molar-refractivity contribution is -0.123. The molecule has 1 amide bonds. The van der Waals surface area contributed by atoms with Crippen molar-refractivity contribution in [1.82, 2.24) is 15.2 Å². The third-order valence-corrected chi connectivity index (χ3v) is 5.32. The van der Waals surface area contributed by atoms with Crippen molar-refractivity contribution in [2.75, 3.05) is 11.4 Å². The number of carbonyl (C=O) groups excluding carboxylic acids is 1. The molecule has 128 valence electrons. The lowest BCUT2D eigenvalue weighted by Crippen LogP contribution is -2.39. The third kappa shape index (κ3) is 3.98. The second-order valence-corrected chi connectivity index (χ2v) is 7.77. The van der Waals surface area contributed by atoms with Gasteiger partial charge in [0.2, 0.25) is 11.0 Å². The topological polar surface area (TPSA) is 59.0 Å². The molecular formula is C18H24N4OS. The highest BCUT2D eigenvalue weighted by atomic mass is 32.1. The summed E-state index contributed by atoms with van der Waals surface area (Å²) in [5.74, 6) is 0.754. The quantitative estimate of drug-likeness (QED) is 0.817. The van der Waals surface area contributed by atoms with E-state index < -0.39 is 0 Å². The van der Waals surface area contributed by atoms with Crippen LogP contribution in [-0.2, 0) is 4.79 Å². The summed E-state index contributed by atoms with van der Waals surface area (Å²) in [7, 11) is 0. The molecule has 0 aliphatic heterocycles. The minimum absolute atomic E-state index is 0.142. The fourth-order valence-corrected chi connectivity index (χ4v) is 3.98. The number of pyridine rings is 1. The molecule has 0 atom stereocenters. The van der Waals surface area contributed by atoms with Crippen molar-refractivity contribution in [2.45, 2.75) is 46.0 Å². The second-order valence-electron chi connectivity index (χ2n) is 6.81. The minimum Gasteiger partial charge on any atom is -0.286 e. The minimum atomic E-state index is 0.142. The standard InChI is InChI=1S/C18H24N4OS/c1-13(2)12-22(17(23)14-7-4-3-5-8-14)18-21-20-16(24-18)15-9-6-10-19-11-15/h6,9-11,13-14H,3-5,7-8,12H2,1-2H3. The van der Waals surface area contributed by atoms with E-state index in [-0.39, 0.29) is 11.8 Å². The summed E-state index contributed by atoms with van der Waals surface area (Å²) < 4.78 is 0. The van der Waals surface area contributed by atoms with Crippen molar-refractivity contribution in [2.24, 2.45) is 11.8 Å². The molecule has 0 unspecified atom stereocenters. The van der Waals surface area contributed by atoms with Gasteiger partial charge >= 0.3 is 0 Å². The van der Waals surface area contributed by atoms with Crippen LogP contribution in [0.15, 0.2) is 24.5 Å². The van der Waals surface area contributed by atoms with Crippen molar-refractivity contribution in [3.8, 4) is 10.6 Å². The zero-order valence-electron chi connectivity index (χ0n) is 14.3. The van der Waals surface area contributed by atoms with Gasteiger partial charge in [-0.15, -0.1) is 10.2 Å². The molecule has 5 nitrogen and oxygen atoms in total. The van der Waals surface area contributed by atoms with Crippen LogP contribution in [0, 0.1) is 11.8 Å². The molecule has 24 heavy (non-hydrogen) atoms. The summed E-state index contributed by atoms with van der Waals surface area (Å²) in [4.78, 5) is 19.0. The maximum atomic E-state index is 13.0. The van der Waals surface area contributed by atoms with Crippen molar-refractivity contribution >= 4 is 22.4 Å². The molecule has 1 fully saturated rings. The van der Waals surface area contributed by atoms with Crippen molar-refractivity contribution in [3.05, 3.63) is 24.5 Å². The highest BCUT2D eigenvalue weighted by Crippen LogP contribution is 2.32. The first kappa shape index (κ1) is 17.0. The van der Waals surface area contributed by atoms with Gasteiger partial charge in [-0.1, -0.05) is 44.4 Å². The first-order valence-electron chi connectivity index (χ1n) is 8.70. The number of aromatic nitrogens is 3. The second kappa shape index (κ2) is 7.83. The Hall–Kier alpha value is -1.82.